The third-order valence-corrected chi connectivity index (χ3v) is 3.73. The number of hydrogen-bond donors (Lipinski definition) is 1. The van der Waals surface area contributed by atoms with Gasteiger partial charge in [-0.2, -0.15) is 13.2 Å². The average Bonchev–Trinajstić information content (AvgIpc) is 2.27. The molecule has 2 nitrogen and oxygen atoms in total. The lowest BCUT2D eigenvalue weighted by atomic mass is 9.74. The number of nitrogens with two attached hydrogens (primary N) is 1. The number of rotatable bonds is 5. The Morgan fingerprint density at radius 2 is 1.76 bits per heavy atom. The van der Waals surface area contributed by atoms with E-state index >= 15 is 0 Å². The maximum Gasteiger partial charge on any atom is 0.390 e. The molecule has 1 fully saturated rings. The van der Waals surface area contributed by atoms with Gasteiger partial charge in [-0.05, 0) is 31.8 Å². The summed E-state index contributed by atoms with van der Waals surface area (Å²) in [4.78, 5) is 1.78. The van der Waals surface area contributed by atoms with E-state index in [9.17, 15) is 13.2 Å². The van der Waals surface area contributed by atoms with Crippen molar-refractivity contribution in [1.82, 2.24) is 4.90 Å². The van der Waals surface area contributed by atoms with E-state index in [0.717, 1.165) is 25.7 Å². The molecule has 0 aliphatic heterocycles. The second kappa shape index (κ2) is 6.05. The highest BCUT2D eigenvalue weighted by atomic mass is 19.4. The molecule has 0 spiro atoms. The van der Waals surface area contributed by atoms with Gasteiger partial charge in [0.2, 0.25) is 0 Å². The van der Waals surface area contributed by atoms with Crippen LogP contribution in [0.3, 0.4) is 0 Å². The van der Waals surface area contributed by atoms with Crippen LogP contribution >= 0.6 is 0 Å². The summed E-state index contributed by atoms with van der Waals surface area (Å²) in [6.07, 6.45) is 0.864. The van der Waals surface area contributed by atoms with Crippen LogP contribution < -0.4 is 5.73 Å². The van der Waals surface area contributed by atoms with Crippen LogP contribution in [0, 0.1) is 5.41 Å². The lowest BCUT2D eigenvalue weighted by Gasteiger charge is -2.39. The summed E-state index contributed by atoms with van der Waals surface area (Å²) in [6.45, 7) is 1.36. The first-order valence-electron chi connectivity index (χ1n) is 6.32. The SMILES string of the molecule is CN(CCC(F)(F)F)CC1(CN)CCCCC1. The molecular formula is C12H23F3N2. The molecule has 0 bridgehead atoms. The zero-order valence-corrected chi connectivity index (χ0v) is 10.5. The molecule has 1 rings (SSSR count). The molecule has 102 valence electrons. The fourth-order valence-corrected chi connectivity index (χ4v) is 2.70. The maximum atomic E-state index is 12.1. The Hall–Kier alpha value is -0.290. The van der Waals surface area contributed by atoms with Crippen LogP contribution in [-0.2, 0) is 0 Å². The summed E-state index contributed by atoms with van der Waals surface area (Å²) in [5, 5.41) is 0. The molecule has 1 saturated carbocycles. The Morgan fingerprint density at radius 3 is 2.24 bits per heavy atom. The Morgan fingerprint density at radius 1 is 1.18 bits per heavy atom. The van der Waals surface area contributed by atoms with Crippen LogP contribution in [0.2, 0.25) is 0 Å². The van der Waals surface area contributed by atoms with Crippen LogP contribution in [0.1, 0.15) is 38.5 Å². The van der Waals surface area contributed by atoms with Gasteiger partial charge in [0.15, 0.2) is 0 Å². The first-order chi connectivity index (χ1) is 7.87. The lowest BCUT2D eigenvalue weighted by Crippen LogP contribution is -2.43. The molecule has 0 radical (unpaired) electrons. The predicted molar refractivity (Wildman–Crippen MR) is 62.7 cm³/mol. The third kappa shape index (κ3) is 5.25. The van der Waals surface area contributed by atoms with Crippen molar-refractivity contribution in [2.24, 2.45) is 11.1 Å². The van der Waals surface area contributed by atoms with Gasteiger partial charge in [-0.25, -0.2) is 0 Å². The van der Waals surface area contributed by atoms with Crippen LogP contribution in [0.15, 0.2) is 0 Å². The lowest BCUT2D eigenvalue weighted by molar-refractivity contribution is -0.138. The van der Waals surface area contributed by atoms with Crippen LogP contribution in [0.25, 0.3) is 0 Å². The van der Waals surface area contributed by atoms with Gasteiger partial charge in [0.1, 0.15) is 0 Å². The van der Waals surface area contributed by atoms with Crippen molar-refractivity contribution >= 4 is 0 Å². The van der Waals surface area contributed by atoms with Crippen molar-refractivity contribution in [3.8, 4) is 0 Å². The van der Waals surface area contributed by atoms with Gasteiger partial charge in [-0.15, -0.1) is 0 Å². The Bertz CT molecular complexity index is 222. The summed E-state index contributed by atoms with van der Waals surface area (Å²) in [5.41, 5.74) is 5.87. The predicted octanol–water partition coefficient (Wildman–Crippen LogP) is 2.78. The number of hydrogen-bond acceptors (Lipinski definition) is 2. The van der Waals surface area contributed by atoms with Crippen LogP contribution in [0.5, 0.6) is 0 Å². The van der Waals surface area contributed by atoms with E-state index in [0.29, 0.717) is 13.1 Å². The van der Waals surface area contributed by atoms with E-state index in [4.69, 9.17) is 5.73 Å². The van der Waals surface area contributed by atoms with Gasteiger partial charge >= 0.3 is 6.18 Å². The van der Waals surface area contributed by atoms with Crippen LogP contribution in [-0.4, -0.2) is 37.8 Å². The maximum absolute atomic E-state index is 12.1. The molecule has 0 aromatic rings. The van der Waals surface area contributed by atoms with Crippen molar-refractivity contribution in [3.05, 3.63) is 0 Å². The van der Waals surface area contributed by atoms with Gasteiger partial charge in [-0.1, -0.05) is 19.3 Å². The van der Waals surface area contributed by atoms with Gasteiger partial charge in [0.25, 0.3) is 0 Å². The highest BCUT2D eigenvalue weighted by Crippen LogP contribution is 2.36. The van der Waals surface area contributed by atoms with Crippen molar-refractivity contribution in [1.29, 1.82) is 0 Å². The second-order valence-electron chi connectivity index (χ2n) is 5.37. The van der Waals surface area contributed by atoms with E-state index < -0.39 is 12.6 Å². The van der Waals surface area contributed by atoms with Crippen molar-refractivity contribution in [2.45, 2.75) is 44.7 Å². The third-order valence-electron chi connectivity index (χ3n) is 3.73. The monoisotopic (exact) mass is 252 g/mol. The minimum Gasteiger partial charge on any atom is -0.330 e. The molecule has 0 amide bonds. The highest BCUT2D eigenvalue weighted by molar-refractivity contribution is 4.86. The van der Waals surface area contributed by atoms with Crippen molar-refractivity contribution in [3.63, 3.8) is 0 Å². The summed E-state index contributed by atoms with van der Waals surface area (Å²) < 4.78 is 36.4. The quantitative estimate of drug-likeness (QED) is 0.815. The first kappa shape index (κ1) is 14.8. The van der Waals surface area contributed by atoms with E-state index in [1.54, 1.807) is 11.9 Å². The second-order valence-corrected chi connectivity index (χ2v) is 5.37. The number of halogens is 3. The summed E-state index contributed by atoms with van der Waals surface area (Å²) in [7, 11) is 1.76. The molecule has 1 aliphatic carbocycles. The smallest absolute Gasteiger partial charge is 0.330 e. The molecule has 5 heteroatoms. The number of nitrogens with zero attached hydrogens (tertiary/aromatic N) is 1. The molecule has 17 heavy (non-hydrogen) atoms. The minimum absolute atomic E-state index is 0.0542. The zero-order chi connectivity index (χ0) is 12.9. The Balaban J connectivity index is 2.39. The van der Waals surface area contributed by atoms with E-state index in [-0.39, 0.29) is 12.0 Å². The largest absolute Gasteiger partial charge is 0.390 e. The normalized spacial score (nSPS) is 20.8. The highest BCUT2D eigenvalue weighted by Gasteiger charge is 2.33. The van der Waals surface area contributed by atoms with Gasteiger partial charge in [0, 0.05) is 13.1 Å². The molecule has 0 heterocycles. The van der Waals surface area contributed by atoms with Crippen LogP contribution in [0.4, 0.5) is 13.2 Å². The topological polar surface area (TPSA) is 29.3 Å². The number of alkyl halides is 3. The molecule has 2 N–H and O–H groups in total. The fraction of sp³-hybridized carbons (Fsp3) is 1.00. The van der Waals surface area contributed by atoms with Gasteiger partial charge in [0.05, 0.1) is 6.42 Å². The molecule has 0 aromatic carbocycles. The van der Waals surface area contributed by atoms with Crippen molar-refractivity contribution < 1.29 is 13.2 Å². The van der Waals surface area contributed by atoms with Crippen molar-refractivity contribution in [2.75, 3.05) is 26.7 Å². The molecule has 1 aliphatic rings. The van der Waals surface area contributed by atoms with E-state index in [1.165, 1.54) is 6.42 Å². The molecule has 0 aromatic heterocycles. The minimum atomic E-state index is -4.06. The van der Waals surface area contributed by atoms with E-state index in [1.807, 2.05) is 0 Å². The molecule has 0 saturated heterocycles. The fourth-order valence-electron chi connectivity index (χ4n) is 2.70. The summed E-state index contributed by atoms with van der Waals surface area (Å²) in [6, 6.07) is 0. The Labute approximate surface area is 101 Å². The molecule has 0 unspecified atom stereocenters. The average molecular weight is 252 g/mol. The Kier molecular flexibility index (Phi) is 5.25. The van der Waals surface area contributed by atoms with Gasteiger partial charge in [-0.3, -0.25) is 0 Å². The first-order valence-corrected chi connectivity index (χ1v) is 6.32. The van der Waals surface area contributed by atoms with E-state index in [2.05, 4.69) is 0 Å². The summed E-state index contributed by atoms with van der Waals surface area (Å²) in [5.74, 6) is 0. The zero-order valence-electron chi connectivity index (χ0n) is 10.5. The summed E-state index contributed by atoms with van der Waals surface area (Å²) >= 11 is 0. The standard InChI is InChI=1S/C12H23F3N2/c1-17(8-7-12(13,14)15)10-11(9-16)5-3-2-4-6-11/h2-10,16H2,1H3. The molecular weight excluding hydrogens is 229 g/mol. The van der Waals surface area contributed by atoms with Gasteiger partial charge < -0.3 is 10.6 Å². The molecule has 0 atom stereocenters.